The van der Waals surface area contributed by atoms with E-state index in [0.717, 1.165) is 10.2 Å². The van der Waals surface area contributed by atoms with Gasteiger partial charge in [-0.3, -0.25) is 9.78 Å². The average molecular weight is 537 g/mol. The lowest BCUT2D eigenvalue weighted by Gasteiger charge is -2.33. The van der Waals surface area contributed by atoms with E-state index < -0.39 is 39.8 Å². The molecule has 5 rings (SSSR count). The predicted molar refractivity (Wildman–Crippen MR) is 137 cm³/mol. The Labute approximate surface area is 211 Å². The lowest BCUT2D eigenvalue weighted by molar-refractivity contribution is 0.00446. The van der Waals surface area contributed by atoms with Gasteiger partial charge in [-0.1, -0.05) is 12.1 Å². The molecule has 0 radical (unpaired) electrons. The molecule has 5 N–H and O–H groups in total. The lowest BCUT2D eigenvalue weighted by atomic mass is 10.1. The summed E-state index contributed by atoms with van der Waals surface area (Å²) in [5.74, 6) is -0.0330. The maximum atomic E-state index is 13.4. The predicted octanol–water partition coefficient (Wildman–Crippen LogP) is -0.357. The van der Waals surface area contributed by atoms with E-state index >= 15 is 0 Å². The molecular formula is C22H28N6O6S2. The zero-order valence-electron chi connectivity index (χ0n) is 19.5. The first-order valence-electron chi connectivity index (χ1n) is 11.6. The highest BCUT2D eigenvalue weighted by molar-refractivity contribution is 7.88. The second kappa shape index (κ2) is 9.68. The van der Waals surface area contributed by atoms with E-state index in [1.165, 1.54) is 21.9 Å². The Morgan fingerprint density at radius 2 is 1.86 bits per heavy atom. The minimum atomic E-state index is -3.32. The highest BCUT2D eigenvalue weighted by atomic mass is 32.2. The fourth-order valence-electron chi connectivity index (χ4n) is 4.75. The Balaban J connectivity index is 1.53. The summed E-state index contributed by atoms with van der Waals surface area (Å²) in [4.78, 5) is 27.3. The van der Waals surface area contributed by atoms with Crippen molar-refractivity contribution in [1.29, 1.82) is 0 Å². The molecule has 1 aliphatic carbocycles. The molecule has 194 valence electrons. The van der Waals surface area contributed by atoms with Crippen molar-refractivity contribution in [1.82, 2.24) is 19.3 Å². The minimum Gasteiger partial charge on any atom is -0.396 e. The molecule has 4 unspecified atom stereocenters. The van der Waals surface area contributed by atoms with Crippen molar-refractivity contribution in [3.8, 4) is 10.6 Å². The zero-order chi connectivity index (χ0) is 25.6. The Morgan fingerprint density at radius 3 is 2.50 bits per heavy atom. The van der Waals surface area contributed by atoms with Crippen LogP contribution >= 0.6 is 11.3 Å². The van der Waals surface area contributed by atoms with E-state index in [-0.39, 0.29) is 43.4 Å². The van der Waals surface area contributed by atoms with E-state index in [1.807, 2.05) is 24.3 Å². The van der Waals surface area contributed by atoms with Crippen molar-refractivity contribution in [3.05, 3.63) is 34.6 Å². The van der Waals surface area contributed by atoms with Gasteiger partial charge in [-0.25, -0.2) is 13.4 Å². The maximum absolute atomic E-state index is 13.4. The molecule has 2 aromatic heterocycles. The van der Waals surface area contributed by atoms with Crippen molar-refractivity contribution in [2.75, 3.05) is 49.3 Å². The van der Waals surface area contributed by atoms with Crippen LogP contribution in [0.25, 0.3) is 20.8 Å². The zero-order valence-corrected chi connectivity index (χ0v) is 21.2. The lowest BCUT2D eigenvalue weighted by Crippen LogP contribution is -2.49. The van der Waals surface area contributed by atoms with Gasteiger partial charge in [0.2, 0.25) is 16.0 Å². The number of hydrogen-bond acceptors (Lipinski definition) is 11. The third-order valence-corrected chi connectivity index (χ3v) is 9.14. The molecule has 0 bridgehead atoms. The highest BCUT2D eigenvalue weighted by Gasteiger charge is 2.41. The van der Waals surface area contributed by atoms with Crippen LogP contribution in [0.2, 0.25) is 0 Å². The normalized spacial score (nSPS) is 25.5. The molecular weight excluding hydrogens is 508 g/mol. The number of aromatic amines is 1. The number of nitrogens with one attached hydrogen (secondary N) is 2. The van der Waals surface area contributed by atoms with Crippen LogP contribution in [-0.4, -0.2) is 100 Å². The number of sulfonamides is 1. The maximum Gasteiger partial charge on any atom is 0.264 e. The summed E-state index contributed by atoms with van der Waals surface area (Å²) in [5.41, 5.74) is 0.517. The van der Waals surface area contributed by atoms with Crippen LogP contribution in [0.3, 0.4) is 0 Å². The smallest absolute Gasteiger partial charge is 0.264 e. The van der Waals surface area contributed by atoms with Gasteiger partial charge in [-0.05, 0) is 18.6 Å². The van der Waals surface area contributed by atoms with Gasteiger partial charge in [0.15, 0.2) is 0 Å². The van der Waals surface area contributed by atoms with Crippen LogP contribution in [0.15, 0.2) is 29.1 Å². The van der Waals surface area contributed by atoms with Crippen molar-refractivity contribution in [2.45, 2.75) is 24.7 Å². The monoisotopic (exact) mass is 536 g/mol. The number of aliphatic hydroxyl groups excluding tert-OH is 3. The third-order valence-electron chi connectivity index (χ3n) is 6.78. The Bertz CT molecular complexity index is 1380. The third kappa shape index (κ3) is 4.71. The number of aliphatic hydroxyl groups is 3. The second-order valence-electron chi connectivity index (χ2n) is 9.16. The van der Waals surface area contributed by atoms with E-state index in [0.29, 0.717) is 18.1 Å². The molecule has 0 spiro atoms. The molecule has 36 heavy (non-hydrogen) atoms. The Morgan fingerprint density at radius 1 is 1.14 bits per heavy atom. The van der Waals surface area contributed by atoms with Crippen molar-refractivity contribution in [3.63, 3.8) is 0 Å². The molecule has 4 atom stereocenters. The second-order valence-corrected chi connectivity index (χ2v) is 12.2. The van der Waals surface area contributed by atoms with Gasteiger partial charge in [0.05, 0.1) is 28.6 Å². The van der Waals surface area contributed by atoms with E-state index in [9.17, 15) is 28.5 Å². The van der Waals surface area contributed by atoms with Gasteiger partial charge >= 0.3 is 0 Å². The van der Waals surface area contributed by atoms with Crippen molar-refractivity contribution >= 4 is 43.3 Å². The fourth-order valence-corrected chi connectivity index (χ4v) is 6.58. The number of benzene rings is 1. The van der Waals surface area contributed by atoms with Crippen LogP contribution < -0.4 is 15.8 Å². The van der Waals surface area contributed by atoms with Crippen molar-refractivity contribution < 1.29 is 23.7 Å². The van der Waals surface area contributed by atoms with Crippen LogP contribution in [0.4, 0.5) is 11.8 Å². The standard InChI is InChI=1S/C22H28N6O6S2/c1-36(33,34)28-8-6-27(7-9-28)22-25-19(23-14-10-12(11-29)17(30)18(14)31)16(20(32)26-22)21-24-13-4-2-3-5-15(13)35-21/h2-5,12,14,17-18,29-31H,6-11H2,1H3,(H2,23,25,26,32). The molecule has 1 saturated carbocycles. The van der Waals surface area contributed by atoms with Crippen molar-refractivity contribution in [2.24, 2.45) is 5.92 Å². The van der Waals surface area contributed by atoms with Crippen LogP contribution in [0.1, 0.15) is 6.42 Å². The molecule has 14 heteroatoms. The van der Waals surface area contributed by atoms with Gasteiger partial charge in [0, 0.05) is 38.7 Å². The quantitative estimate of drug-likeness (QED) is 0.280. The van der Waals surface area contributed by atoms with Gasteiger partial charge in [0.1, 0.15) is 22.5 Å². The molecule has 2 fully saturated rings. The Kier molecular flexibility index (Phi) is 6.74. The molecule has 12 nitrogen and oxygen atoms in total. The topological polar surface area (TPSA) is 172 Å². The first-order valence-corrected chi connectivity index (χ1v) is 14.3. The first kappa shape index (κ1) is 25.0. The summed E-state index contributed by atoms with van der Waals surface area (Å²) in [6.07, 6.45) is -0.815. The van der Waals surface area contributed by atoms with Crippen LogP contribution in [0, 0.1) is 5.92 Å². The number of para-hydroxylation sites is 1. The average Bonchev–Trinajstić information content (AvgIpc) is 3.39. The van der Waals surface area contributed by atoms with Crippen LogP contribution in [0.5, 0.6) is 0 Å². The summed E-state index contributed by atoms with van der Waals surface area (Å²) in [6, 6.07) is 6.86. The van der Waals surface area contributed by atoms with Crippen LogP contribution in [-0.2, 0) is 10.0 Å². The summed E-state index contributed by atoms with van der Waals surface area (Å²) in [6.45, 7) is 0.924. The Hall–Kier alpha value is -2.62. The summed E-state index contributed by atoms with van der Waals surface area (Å²) in [5, 5.41) is 34.0. The summed E-state index contributed by atoms with van der Waals surface area (Å²) < 4.78 is 26.0. The van der Waals surface area contributed by atoms with Gasteiger partial charge in [-0.15, -0.1) is 11.3 Å². The molecule has 3 aromatic rings. The molecule has 2 aliphatic rings. The number of hydrogen-bond donors (Lipinski definition) is 5. The largest absolute Gasteiger partial charge is 0.396 e. The number of aromatic nitrogens is 3. The summed E-state index contributed by atoms with van der Waals surface area (Å²) in [7, 11) is -3.32. The van der Waals surface area contributed by atoms with Gasteiger partial charge in [0.25, 0.3) is 5.56 Å². The van der Waals surface area contributed by atoms with E-state index in [2.05, 4.69) is 20.3 Å². The SMILES string of the molecule is CS(=O)(=O)N1CCN(c2nc(NC3CC(CO)C(O)C3O)c(-c3nc4ccccc4s3)c(=O)[nH]2)CC1. The number of piperazine rings is 1. The van der Waals surface area contributed by atoms with Gasteiger partial charge in [-0.2, -0.15) is 9.29 Å². The molecule has 0 amide bonds. The minimum absolute atomic E-state index is 0.202. The number of H-pyrrole nitrogens is 1. The fraction of sp³-hybridized carbons (Fsp3) is 0.500. The van der Waals surface area contributed by atoms with E-state index in [4.69, 9.17) is 0 Å². The highest BCUT2D eigenvalue weighted by Crippen LogP contribution is 2.35. The molecule has 1 saturated heterocycles. The number of nitrogens with zero attached hydrogens (tertiary/aromatic N) is 4. The molecule has 1 aliphatic heterocycles. The van der Waals surface area contributed by atoms with Gasteiger partial charge < -0.3 is 25.5 Å². The van der Waals surface area contributed by atoms with E-state index in [1.54, 1.807) is 4.90 Å². The number of rotatable bonds is 6. The number of thiazole rings is 1. The number of anilines is 2. The molecule has 3 heterocycles. The number of fused-ring (bicyclic) bond motifs is 1. The summed E-state index contributed by atoms with van der Waals surface area (Å²) >= 11 is 1.34. The molecule has 1 aromatic carbocycles. The first-order chi connectivity index (χ1) is 17.2.